The monoisotopic (exact) mass is 380 g/mol. The number of hydrogen-bond acceptors (Lipinski definition) is 5. The summed E-state index contributed by atoms with van der Waals surface area (Å²) in [5, 5.41) is 11.1. The molecule has 1 N–H and O–H groups in total. The van der Waals surface area contributed by atoms with E-state index in [1.165, 1.54) is 0 Å². The number of aliphatic hydroxyl groups is 1. The molecule has 27 heavy (non-hydrogen) atoms. The SMILES string of the molecule is COc1cccc(CN2CCC[C@](O)(CN3CCC(F)CC3)C2=O)c1OC. The van der Waals surface area contributed by atoms with E-state index in [1.54, 1.807) is 19.1 Å². The molecule has 0 saturated carbocycles. The number of ether oxygens (including phenoxy) is 2. The van der Waals surface area contributed by atoms with Crippen molar-refractivity contribution in [3.63, 3.8) is 0 Å². The molecular formula is C20H29FN2O4. The Morgan fingerprint density at radius 2 is 1.96 bits per heavy atom. The fourth-order valence-electron chi connectivity index (χ4n) is 4.08. The van der Waals surface area contributed by atoms with Gasteiger partial charge in [0.15, 0.2) is 17.1 Å². The van der Waals surface area contributed by atoms with Crippen LogP contribution in [-0.4, -0.2) is 73.0 Å². The molecule has 0 unspecified atom stereocenters. The van der Waals surface area contributed by atoms with Gasteiger partial charge in [-0.3, -0.25) is 9.69 Å². The van der Waals surface area contributed by atoms with Gasteiger partial charge in [-0.25, -0.2) is 4.39 Å². The summed E-state index contributed by atoms with van der Waals surface area (Å²) in [7, 11) is 3.15. The summed E-state index contributed by atoms with van der Waals surface area (Å²) in [6, 6.07) is 5.57. The van der Waals surface area contributed by atoms with Gasteiger partial charge in [-0.05, 0) is 31.7 Å². The van der Waals surface area contributed by atoms with Gasteiger partial charge in [0, 0.05) is 38.3 Å². The third-order valence-corrected chi connectivity index (χ3v) is 5.55. The number of rotatable bonds is 6. The van der Waals surface area contributed by atoms with Crippen molar-refractivity contribution in [2.24, 2.45) is 0 Å². The predicted octanol–water partition coefficient (Wildman–Crippen LogP) is 1.99. The molecule has 2 aliphatic heterocycles. The summed E-state index contributed by atoms with van der Waals surface area (Å²) in [5.41, 5.74) is -0.569. The first kappa shape index (κ1) is 19.9. The molecule has 0 aliphatic carbocycles. The smallest absolute Gasteiger partial charge is 0.256 e. The third kappa shape index (κ3) is 4.35. The van der Waals surface area contributed by atoms with E-state index in [0.29, 0.717) is 56.9 Å². The van der Waals surface area contributed by atoms with Crippen LogP contribution in [-0.2, 0) is 11.3 Å². The summed E-state index contributed by atoms with van der Waals surface area (Å²) in [5.74, 6) is 0.955. The topological polar surface area (TPSA) is 62.2 Å². The van der Waals surface area contributed by atoms with Gasteiger partial charge >= 0.3 is 0 Å². The molecule has 2 aliphatic rings. The first-order chi connectivity index (χ1) is 13.0. The van der Waals surface area contributed by atoms with E-state index in [9.17, 15) is 14.3 Å². The van der Waals surface area contributed by atoms with Gasteiger partial charge in [0.05, 0.1) is 14.2 Å². The molecular weight excluding hydrogens is 351 g/mol. The van der Waals surface area contributed by atoms with Crippen molar-refractivity contribution in [2.75, 3.05) is 40.4 Å². The number of carbonyl (C=O) groups excluding carboxylic acids is 1. The Morgan fingerprint density at radius 3 is 2.63 bits per heavy atom. The minimum Gasteiger partial charge on any atom is -0.493 e. The van der Waals surface area contributed by atoms with Crippen LogP contribution in [0.2, 0.25) is 0 Å². The molecule has 0 aromatic heterocycles. The molecule has 2 fully saturated rings. The molecule has 3 rings (SSSR count). The lowest BCUT2D eigenvalue weighted by Crippen LogP contribution is -2.59. The predicted molar refractivity (Wildman–Crippen MR) is 99.7 cm³/mol. The number of hydrogen-bond donors (Lipinski definition) is 1. The Bertz CT molecular complexity index is 663. The number of benzene rings is 1. The Kier molecular flexibility index (Phi) is 6.22. The van der Waals surface area contributed by atoms with E-state index < -0.39 is 11.8 Å². The fourth-order valence-corrected chi connectivity index (χ4v) is 4.08. The Balaban J connectivity index is 1.71. The molecule has 6 nitrogen and oxygen atoms in total. The lowest BCUT2D eigenvalue weighted by molar-refractivity contribution is -0.160. The number of likely N-dealkylation sites (tertiary alicyclic amines) is 2. The zero-order chi connectivity index (χ0) is 19.4. The maximum Gasteiger partial charge on any atom is 0.256 e. The number of para-hydroxylation sites is 1. The number of nitrogens with zero attached hydrogens (tertiary/aromatic N) is 2. The van der Waals surface area contributed by atoms with Gasteiger partial charge < -0.3 is 19.5 Å². The Labute approximate surface area is 159 Å². The van der Waals surface area contributed by atoms with Crippen LogP contribution in [0.3, 0.4) is 0 Å². The second kappa shape index (κ2) is 8.44. The van der Waals surface area contributed by atoms with Crippen molar-refractivity contribution in [1.82, 2.24) is 9.80 Å². The molecule has 1 atom stereocenters. The average Bonchev–Trinajstić information content (AvgIpc) is 2.67. The van der Waals surface area contributed by atoms with Crippen molar-refractivity contribution in [3.05, 3.63) is 23.8 Å². The Morgan fingerprint density at radius 1 is 1.22 bits per heavy atom. The van der Waals surface area contributed by atoms with E-state index in [2.05, 4.69) is 0 Å². The number of β-amino-alcohol motifs (C(OH)–C–C–N with tert-alkyl or cyclic N) is 1. The van der Waals surface area contributed by atoms with Crippen LogP contribution in [0.1, 0.15) is 31.2 Å². The van der Waals surface area contributed by atoms with Crippen LogP contribution in [0.25, 0.3) is 0 Å². The summed E-state index contributed by atoms with van der Waals surface area (Å²) >= 11 is 0. The van der Waals surface area contributed by atoms with Gasteiger partial charge in [-0.15, -0.1) is 0 Å². The summed E-state index contributed by atoms with van der Waals surface area (Å²) < 4.78 is 24.1. The van der Waals surface area contributed by atoms with Crippen molar-refractivity contribution in [2.45, 2.75) is 44.0 Å². The van der Waals surface area contributed by atoms with Crippen LogP contribution in [0.15, 0.2) is 18.2 Å². The first-order valence-electron chi connectivity index (χ1n) is 9.55. The largest absolute Gasteiger partial charge is 0.493 e. The van der Waals surface area contributed by atoms with Crippen LogP contribution in [0, 0.1) is 0 Å². The van der Waals surface area contributed by atoms with Crippen LogP contribution < -0.4 is 9.47 Å². The summed E-state index contributed by atoms with van der Waals surface area (Å²) in [4.78, 5) is 16.7. The van der Waals surface area contributed by atoms with Crippen LogP contribution >= 0.6 is 0 Å². The van der Waals surface area contributed by atoms with Gasteiger partial charge in [0.1, 0.15) is 6.17 Å². The van der Waals surface area contributed by atoms with E-state index >= 15 is 0 Å². The highest BCUT2D eigenvalue weighted by Crippen LogP contribution is 2.33. The van der Waals surface area contributed by atoms with E-state index in [0.717, 1.165) is 12.0 Å². The van der Waals surface area contributed by atoms with Crippen LogP contribution in [0.5, 0.6) is 11.5 Å². The second-order valence-corrected chi connectivity index (χ2v) is 7.47. The quantitative estimate of drug-likeness (QED) is 0.818. The van der Waals surface area contributed by atoms with E-state index in [-0.39, 0.29) is 12.5 Å². The number of halogens is 1. The number of carbonyl (C=O) groups is 1. The minimum absolute atomic E-state index is 0.263. The molecule has 1 aromatic carbocycles. The lowest BCUT2D eigenvalue weighted by atomic mass is 9.90. The molecule has 150 valence electrons. The maximum atomic E-state index is 13.4. The molecule has 0 radical (unpaired) electrons. The molecule has 2 saturated heterocycles. The summed E-state index contributed by atoms with van der Waals surface area (Å²) in [6.07, 6.45) is 1.33. The minimum atomic E-state index is -1.41. The molecule has 0 bridgehead atoms. The highest BCUT2D eigenvalue weighted by atomic mass is 19.1. The molecule has 7 heteroatoms. The number of alkyl halides is 1. The molecule has 1 aromatic rings. The van der Waals surface area contributed by atoms with Gasteiger partial charge in [-0.2, -0.15) is 0 Å². The first-order valence-corrected chi connectivity index (χ1v) is 9.55. The number of methoxy groups -OCH3 is 2. The average molecular weight is 380 g/mol. The zero-order valence-electron chi connectivity index (χ0n) is 16.1. The molecule has 0 spiro atoms. The van der Waals surface area contributed by atoms with Crippen LogP contribution in [0.4, 0.5) is 4.39 Å². The van der Waals surface area contributed by atoms with E-state index in [4.69, 9.17) is 9.47 Å². The fraction of sp³-hybridized carbons (Fsp3) is 0.650. The normalized spacial score (nSPS) is 24.9. The van der Waals surface area contributed by atoms with Crippen molar-refractivity contribution >= 4 is 5.91 Å². The Hall–Kier alpha value is -1.86. The number of piperidine rings is 2. The van der Waals surface area contributed by atoms with Gasteiger partial charge in [-0.1, -0.05) is 12.1 Å². The molecule has 1 amide bonds. The number of amides is 1. The standard InChI is InChI=1S/C20H29FN2O4/c1-26-17-6-3-5-15(18(17)27-2)13-23-10-4-9-20(25,19(23)24)14-22-11-7-16(21)8-12-22/h3,5-6,16,25H,4,7-14H2,1-2H3/t20-/m0/s1. The van der Waals surface area contributed by atoms with Gasteiger partial charge in [0.2, 0.25) is 0 Å². The lowest BCUT2D eigenvalue weighted by Gasteiger charge is -2.42. The summed E-state index contributed by atoms with van der Waals surface area (Å²) in [6.45, 7) is 2.38. The maximum absolute atomic E-state index is 13.4. The van der Waals surface area contributed by atoms with Crippen molar-refractivity contribution < 1.29 is 23.8 Å². The highest BCUT2D eigenvalue weighted by Gasteiger charge is 2.43. The second-order valence-electron chi connectivity index (χ2n) is 7.47. The van der Waals surface area contributed by atoms with Crippen molar-refractivity contribution in [1.29, 1.82) is 0 Å². The molecule has 2 heterocycles. The van der Waals surface area contributed by atoms with E-state index in [1.807, 2.05) is 23.1 Å². The van der Waals surface area contributed by atoms with Crippen molar-refractivity contribution in [3.8, 4) is 11.5 Å². The highest BCUT2D eigenvalue weighted by molar-refractivity contribution is 5.86. The zero-order valence-corrected chi connectivity index (χ0v) is 16.1. The third-order valence-electron chi connectivity index (χ3n) is 5.55. The van der Waals surface area contributed by atoms with Gasteiger partial charge in [0.25, 0.3) is 5.91 Å².